The first kappa shape index (κ1) is 24.1. The largest absolute Gasteiger partial charge is 0.496 e. The Kier molecular flexibility index (Phi) is 9.03. The number of morpholine rings is 1. The van der Waals surface area contributed by atoms with E-state index in [1.165, 1.54) is 0 Å². The van der Waals surface area contributed by atoms with Crippen LogP contribution in [0.5, 0.6) is 17.2 Å². The van der Waals surface area contributed by atoms with Crippen molar-refractivity contribution in [2.75, 3.05) is 48.1 Å². The highest BCUT2D eigenvalue weighted by molar-refractivity contribution is 14.0. The van der Waals surface area contributed by atoms with Gasteiger partial charge in [-0.1, -0.05) is 0 Å². The lowest BCUT2D eigenvalue weighted by Crippen LogP contribution is -2.47. The number of aliphatic imine (C=N–C) groups is 1. The van der Waals surface area contributed by atoms with Gasteiger partial charge in [0.25, 0.3) is 0 Å². The Labute approximate surface area is 194 Å². The highest BCUT2D eigenvalue weighted by Crippen LogP contribution is 2.34. The van der Waals surface area contributed by atoms with Crippen molar-refractivity contribution in [1.29, 1.82) is 0 Å². The van der Waals surface area contributed by atoms with E-state index in [1.54, 1.807) is 33.1 Å². The number of hydrogen-bond acceptors (Lipinski definition) is 6. The third-order valence-electron chi connectivity index (χ3n) is 4.91. The van der Waals surface area contributed by atoms with E-state index in [1.807, 2.05) is 31.6 Å². The summed E-state index contributed by atoms with van der Waals surface area (Å²) in [6.45, 7) is 2.57. The van der Waals surface area contributed by atoms with Crippen molar-refractivity contribution in [3.63, 3.8) is 0 Å². The van der Waals surface area contributed by atoms with Crippen LogP contribution in [0.4, 0.5) is 0 Å². The molecule has 1 unspecified atom stereocenters. The lowest BCUT2D eigenvalue weighted by molar-refractivity contribution is -0.00805. The molecule has 9 nitrogen and oxygen atoms in total. The molecule has 2 aromatic rings. The zero-order chi connectivity index (χ0) is 20.8. The quantitative estimate of drug-likeness (QED) is 0.348. The standard InChI is InChI=1S/C20H29N5O4.HI/c1-21-20(25-6-7-29-19(13-25)14-10-23-24(2)12-14)22-11-16-17(27-4)8-15(26-3)9-18(16)28-5;/h8-10,12,19H,6-7,11,13H2,1-5H3,(H,21,22);1H. The summed E-state index contributed by atoms with van der Waals surface area (Å²) >= 11 is 0. The highest BCUT2D eigenvalue weighted by atomic mass is 127. The molecule has 0 amide bonds. The second kappa shape index (κ2) is 11.3. The molecular formula is C20H30IN5O4. The lowest BCUT2D eigenvalue weighted by Gasteiger charge is -2.34. The predicted molar refractivity (Wildman–Crippen MR) is 125 cm³/mol. The molecule has 0 saturated carbocycles. The molecule has 166 valence electrons. The Balaban J connectivity index is 0.00000320. The highest BCUT2D eigenvalue weighted by Gasteiger charge is 2.25. The fraction of sp³-hybridized carbons (Fsp3) is 0.500. The summed E-state index contributed by atoms with van der Waals surface area (Å²) in [4.78, 5) is 6.64. The first-order valence-electron chi connectivity index (χ1n) is 9.44. The van der Waals surface area contributed by atoms with E-state index >= 15 is 0 Å². The molecule has 10 heteroatoms. The van der Waals surface area contributed by atoms with E-state index in [-0.39, 0.29) is 30.1 Å². The number of nitrogens with zero attached hydrogens (tertiary/aromatic N) is 4. The van der Waals surface area contributed by atoms with E-state index in [4.69, 9.17) is 18.9 Å². The van der Waals surface area contributed by atoms with Crippen LogP contribution in [0.3, 0.4) is 0 Å². The summed E-state index contributed by atoms with van der Waals surface area (Å²) in [6, 6.07) is 3.69. The van der Waals surface area contributed by atoms with Crippen molar-refractivity contribution in [2.24, 2.45) is 12.0 Å². The number of aryl methyl sites for hydroxylation is 1. The molecule has 1 atom stereocenters. The van der Waals surface area contributed by atoms with Crippen LogP contribution in [-0.2, 0) is 18.3 Å². The van der Waals surface area contributed by atoms with Gasteiger partial charge in [0.2, 0.25) is 0 Å². The van der Waals surface area contributed by atoms with Crippen molar-refractivity contribution >= 4 is 29.9 Å². The average Bonchev–Trinajstić information content (AvgIpc) is 3.20. The minimum absolute atomic E-state index is 0. The molecule has 2 heterocycles. The topological polar surface area (TPSA) is 82.4 Å². The minimum Gasteiger partial charge on any atom is -0.496 e. The van der Waals surface area contributed by atoms with Crippen LogP contribution in [0.2, 0.25) is 0 Å². The Morgan fingerprint density at radius 2 is 1.93 bits per heavy atom. The minimum atomic E-state index is -0.0407. The molecule has 0 bridgehead atoms. The zero-order valence-corrected chi connectivity index (χ0v) is 20.4. The average molecular weight is 531 g/mol. The van der Waals surface area contributed by atoms with Crippen molar-refractivity contribution in [1.82, 2.24) is 20.0 Å². The number of methoxy groups -OCH3 is 3. The van der Waals surface area contributed by atoms with Crippen LogP contribution in [0.25, 0.3) is 0 Å². The Bertz CT molecular complexity index is 832. The van der Waals surface area contributed by atoms with Gasteiger partial charge < -0.3 is 29.2 Å². The van der Waals surface area contributed by atoms with Crippen LogP contribution >= 0.6 is 24.0 Å². The lowest BCUT2D eigenvalue weighted by atomic mass is 10.1. The van der Waals surface area contributed by atoms with Gasteiger partial charge in [-0.2, -0.15) is 5.10 Å². The van der Waals surface area contributed by atoms with Crippen LogP contribution in [0, 0.1) is 0 Å². The van der Waals surface area contributed by atoms with Gasteiger partial charge in [-0.25, -0.2) is 0 Å². The molecule has 0 radical (unpaired) electrons. The normalized spacial score (nSPS) is 16.6. The number of rotatable bonds is 6. The molecule has 1 saturated heterocycles. The van der Waals surface area contributed by atoms with Gasteiger partial charge in [-0.3, -0.25) is 9.67 Å². The number of hydrogen-bond donors (Lipinski definition) is 1. The molecule has 0 aliphatic carbocycles. The smallest absolute Gasteiger partial charge is 0.194 e. The van der Waals surface area contributed by atoms with Gasteiger partial charge in [0.1, 0.15) is 23.4 Å². The van der Waals surface area contributed by atoms with Crippen molar-refractivity contribution < 1.29 is 18.9 Å². The summed E-state index contributed by atoms with van der Waals surface area (Å²) in [6.07, 6.45) is 3.79. The number of aromatic nitrogens is 2. The van der Waals surface area contributed by atoms with Gasteiger partial charge >= 0.3 is 0 Å². The van der Waals surface area contributed by atoms with Crippen LogP contribution in [0.15, 0.2) is 29.5 Å². The maximum Gasteiger partial charge on any atom is 0.194 e. The summed E-state index contributed by atoms with van der Waals surface area (Å²) in [5.74, 6) is 2.86. The van der Waals surface area contributed by atoms with Crippen molar-refractivity contribution in [3.05, 3.63) is 35.7 Å². The maximum atomic E-state index is 5.93. The molecule has 0 spiro atoms. The van der Waals surface area contributed by atoms with Crippen LogP contribution < -0.4 is 19.5 Å². The fourth-order valence-corrected chi connectivity index (χ4v) is 3.40. The molecule has 1 aromatic heterocycles. The van der Waals surface area contributed by atoms with Crippen LogP contribution in [0.1, 0.15) is 17.2 Å². The third kappa shape index (κ3) is 5.48. The molecule has 1 N–H and O–H groups in total. The van der Waals surface area contributed by atoms with E-state index in [0.717, 1.165) is 23.6 Å². The van der Waals surface area contributed by atoms with E-state index in [9.17, 15) is 0 Å². The van der Waals surface area contributed by atoms with Gasteiger partial charge in [0.15, 0.2) is 5.96 Å². The molecular weight excluding hydrogens is 501 g/mol. The number of ether oxygens (including phenoxy) is 4. The second-order valence-corrected chi connectivity index (χ2v) is 6.66. The van der Waals surface area contributed by atoms with Gasteiger partial charge in [-0.05, 0) is 0 Å². The SMILES string of the molecule is CN=C(NCc1c(OC)cc(OC)cc1OC)N1CCOC(c2cnn(C)c2)C1.I. The Morgan fingerprint density at radius 1 is 1.23 bits per heavy atom. The molecule has 3 rings (SSSR count). The molecule has 1 aliphatic heterocycles. The monoisotopic (exact) mass is 531 g/mol. The van der Waals surface area contributed by atoms with Crippen molar-refractivity contribution in [2.45, 2.75) is 12.6 Å². The summed E-state index contributed by atoms with van der Waals surface area (Å²) in [5.41, 5.74) is 1.96. The number of nitrogens with one attached hydrogen (secondary N) is 1. The maximum absolute atomic E-state index is 5.93. The van der Waals surface area contributed by atoms with Crippen LogP contribution in [-0.4, -0.2) is 68.7 Å². The van der Waals surface area contributed by atoms with Gasteiger partial charge in [-0.15, -0.1) is 24.0 Å². The van der Waals surface area contributed by atoms with Gasteiger partial charge in [0, 0.05) is 44.5 Å². The third-order valence-corrected chi connectivity index (χ3v) is 4.91. The van der Waals surface area contributed by atoms with E-state index < -0.39 is 0 Å². The zero-order valence-electron chi connectivity index (χ0n) is 18.0. The predicted octanol–water partition coefficient (Wildman–Crippen LogP) is 2.21. The van der Waals surface area contributed by atoms with E-state index in [2.05, 4.69) is 20.3 Å². The Morgan fingerprint density at radius 3 is 2.47 bits per heavy atom. The fourth-order valence-electron chi connectivity index (χ4n) is 3.40. The molecule has 1 fully saturated rings. The number of benzene rings is 1. The van der Waals surface area contributed by atoms with Crippen molar-refractivity contribution in [3.8, 4) is 17.2 Å². The molecule has 1 aromatic carbocycles. The molecule has 1 aliphatic rings. The summed E-state index contributed by atoms with van der Waals surface area (Å²) < 4.78 is 24.1. The first-order valence-corrected chi connectivity index (χ1v) is 9.44. The molecule has 30 heavy (non-hydrogen) atoms. The number of guanidine groups is 1. The summed E-state index contributed by atoms with van der Waals surface area (Å²) in [5, 5.41) is 7.66. The second-order valence-electron chi connectivity index (χ2n) is 6.66. The van der Waals surface area contributed by atoms with Gasteiger partial charge in [0.05, 0.1) is 52.8 Å². The summed E-state index contributed by atoms with van der Waals surface area (Å²) in [7, 11) is 8.56. The number of halogens is 1. The van der Waals surface area contributed by atoms with E-state index in [0.29, 0.717) is 36.9 Å². The first-order chi connectivity index (χ1) is 14.1. The Hall–Kier alpha value is -2.21.